The summed E-state index contributed by atoms with van der Waals surface area (Å²) in [7, 11) is -2.80. The van der Waals surface area contributed by atoms with Crippen LogP contribution in [0.4, 0.5) is 0 Å². The molecule has 110 valence electrons. The van der Waals surface area contributed by atoms with Gasteiger partial charge in [0.25, 0.3) is 0 Å². The van der Waals surface area contributed by atoms with Crippen LogP contribution < -0.4 is 16.2 Å². The van der Waals surface area contributed by atoms with Crippen LogP contribution in [0.5, 0.6) is 0 Å². The van der Waals surface area contributed by atoms with Crippen LogP contribution in [0.3, 0.4) is 0 Å². The summed E-state index contributed by atoms with van der Waals surface area (Å²) in [6, 6.07) is 10.8. The van der Waals surface area contributed by atoms with Gasteiger partial charge < -0.3 is 5.32 Å². The SMILES string of the molecule is O=S1(=O)CCC(NCC2CNNC2c2ccccc2)C1. The molecule has 20 heavy (non-hydrogen) atoms. The zero-order chi connectivity index (χ0) is 14.0. The van der Waals surface area contributed by atoms with Crippen molar-refractivity contribution in [2.45, 2.75) is 18.5 Å². The number of sulfone groups is 1. The minimum atomic E-state index is -2.80. The maximum Gasteiger partial charge on any atom is 0.151 e. The first-order valence-electron chi connectivity index (χ1n) is 7.11. The summed E-state index contributed by atoms with van der Waals surface area (Å²) in [5.74, 6) is 1.05. The van der Waals surface area contributed by atoms with E-state index in [4.69, 9.17) is 0 Å². The molecule has 0 spiro atoms. The maximum absolute atomic E-state index is 11.5. The van der Waals surface area contributed by atoms with E-state index >= 15 is 0 Å². The van der Waals surface area contributed by atoms with E-state index in [1.807, 2.05) is 18.2 Å². The van der Waals surface area contributed by atoms with E-state index in [-0.39, 0.29) is 17.8 Å². The minimum Gasteiger partial charge on any atom is -0.313 e. The molecule has 0 aromatic heterocycles. The highest BCUT2D eigenvalue weighted by Gasteiger charge is 2.31. The lowest BCUT2D eigenvalue weighted by Crippen LogP contribution is -2.36. The molecule has 6 heteroatoms. The number of rotatable bonds is 4. The van der Waals surface area contributed by atoms with Gasteiger partial charge in [0.1, 0.15) is 0 Å². The maximum atomic E-state index is 11.5. The van der Waals surface area contributed by atoms with Crippen LogP contribution in [-0.4, -0.2) is 39.1 Å². The Morgan fingerprint density at radius 3 is 2.75 bits per heavy atom. The van der Waals surface area contributed by atoms with E-state index in [9.17, 15) is 8.42 Å². The molecule has 2 fully saturated rings. The van der Waals surface area contributed by atoms with Gasteiger partial charge in [-0.1, -0.05) is 30.3 Å². The van der Waals surface area contributed by atoms with E-state index in [0.717, 1.165) is 19.5 Å². The molecule has 0 aliphatic carbocycles. The Morgan fingerprint density at radius 2 is 2.05 bits per heavy atom. The molecular weight excluding hydrogens is 274 g/mol. The summed E-state index contributed by atoms with van der Waals surface area (Å²) in [4.78, 5) is 0. The fourth-order valence-corrected chi connectivity index (χ4v) is 4.72. The molecule has 1 aromatic carbocycles. The smallest absolute Gasteiger partial charge is 0.151 e. The van der Waals surface area contributed by atoms with Gasteiger partial charge in [0, 0.05) is 25.0 Å². The standard InChI is InChI=1S/C14H21N3O2S/c18-20(19)7-6-13(10-20)15-8-12-9-16-17-14(12)11-4-2-1-3-5-11/h1-5,12-17H,6-10H2. The van der Waals surface area contributed by atoms with Crippen molar-refractivity contribution in [3.63, 3.8) is 0 Å². The lowest BCUT2D eigenvalue weighted by atomic mass is 9.94. The molecule has 0 radical (unpaired) electrons. The van der Waals surface area contributed by atoms with Crippen molar-refractivity contribution < 1.29 is 8.42 Å². The average Bonchev–Trinajstić information content (AvgIpc) is 3.03. The first kappa shape index (κ1) is 14.0. The Morgan fingerprint density at radius 1 is 1.25 bits per heavy atom. The fourth-order valence-electron chi connectivity index (χ4n) is 3.02. The van der Waals surface area contributed by atoms with Gasteiger partial charge in [-0.05, 0) is 12.0 Å². The lowest BCUT2D eigenvalue weighted by molar-refractivity contribution is 0.416. The zero-order valence-corrected chi connectivity index (χ0v) is 12.2. The largest absolute Gasteiger partial charge is 0.313 e. The van der Waals surface area contributed by atoms with E-state index in [2.05, 4.69) is 28.3 Å². The van der Waals surface area contributed by atoms with Gasteiger partial charge in [-0.15, -0.1) is 0 Å². The summed E-state index contributed by atoms with van der Waals surface area (Å²) < 4.78 is 22.9. The van der Waals surface area contributed by atoms with Crippen molar-refractivity contribution in [1.82, 2.24) is 16.2 Å². The summed E-state index contributed by atoms with van der Waals surface area (Å²) in [5, 5.41) is 3.42. The Kier molecular flexibility index (Phi) is 4.07. The molecule has 3 N–H and O–H groups in total. The van der Waals surface area contributed by atoms with Crippen LogP contribution in [0.1, 0.15) is 18.0 Å². The molecule has 1 aromatic rings. The second kappa shape index (κ2) is 5.81. The van der Waals surface area contributed by atoms with Crippen LogP contribution >= 0.6 is 0 Å². The second-order valence-electron chi connectivity index (χ2n) is 5.68. The lowest BCUT2D eigenvalue weighted by Gasteiger charge is -2.21. The molecule has 3 atom stereocenters. The Balaban J connectivity index is 1.57. The first-order valence-corrected chi connectivity index (χ1v) is 8.93. The third-order valence-corrected chi connectivity index (χ3v) is 5.92. The third-order valence-electron chi connectivity index (χ3n) is 4.15. The van der Waals surface area contributed by atoms with Gasteiger partial charge in [0.2, 0.25) is 0 Å². The highest BCUT2D eigenvalue weighted by Crippen LogP contribution is 2.24. The number of hydrogen-bond acceptors (Lipinski definition) is 5. The minimum absolute atomic E-state index is 0.122. The van der Waals surface area contributed by atoms with Crippen molar-refractivity contribution in [3.8, 4) is 0 Å². The van der Waals surface area contributed by atoms with Gasteiger partial charge in [-0.3, -0.25) is 5.43 Å². The molecule has 3 unspecified atom stereocenters. The second-order valence-corrected chi connectivity index (χ2v) is 7.91. The van der Waals surface area contributed by atoms with E-state index in [0.29, 0.717) is 11.7 Å². The predicted octanol–water partition coefficient (Wildman–Crippen LogP) is 0.228. The fraction of sp³-hybridized carbons (Fsp3) is 0.571. The van der Waals surface area contributed by atoms with Gasteiger partial charge in [0.05, 0.1) is 17.5 Å². The van der Waals surface area contributed by atoms with Crippen molar-refractivity contribution in [2.24, 2.45) is 5.92 Å². The summed E-state index contributed by atoms with van der Waals surface area (Å²) in [5.41, 5.74) is 7.78. The van der Waals surface area contributed by atoms with E-state index < -0.39 is 9.84 Å². The topological polar surface area (TPSA) is 70.2 Å². The summed E-state index contributed by atoms with van der Waals surface area (Å²) in [6.45, 7) is 1.73. The van der Waals surface area contributed by atoms with Crippen LogP contribution in [0.15, 0.2) is 30.3 Å². The molecule has 0 bridgehead atoms. The molecular formula is C14H21N3O2S. The Hall–Kier alpha value is -0.950. The molecule has 0 saturated carbocycles. The van der Waals surface area contributed by atoms with Crippen LogP contribution in [0, 0.1) is 5.92 Å². The predicted molar refractivity (Wildman–Crippen MR) is 78.9 cm³/mol. The Labute approximate surface area is 120 Å². The summed E-state index contributed by atoms with van der Waals surface area (Å²) >= 11 is 0. The van der Waals surface area contributed by atoms with Gasteiger partial charge in [-0.2, -0.15) is 0 Å². The van der Waals surface area contributed by atoms with Crippen LogP contribution in [0.25, 0.3) is 0 Å². The summed E-state index contributed by atoms with van der Waals surface area (Å²) in [6.07, 6.45) is 0.742. The van der Waals surface area contributed by atoms with Gasteiger partial charge >= 0.3 is 0 Å². The monoisotopic (exact) mass is 295 g/mol. The zero-order valence-electron chi connectivity index (χ0n) is 11.4. The number of hydrazine groups is 1. The van der Waals surface area contributed by atoms with Crippen molar-refractivity contribution in [2.75, 3.05) is 24.6 Å². The van der Waals surface area contributed by atoms with Crippen LogP contribution in [0.2, 0.25) is 0 Å². The molecule has 3 rings (SSSR count). The molecule has 5 nitrogen and oxygen atoms in total. The number of benzene rings is 1. The normalized spacial score (nSPS) is 32.5. The molecule has 2 aliphatic rings. The van der Waals surface area contributed by atoms with Crippen molar-refractivity contribution >= 4 is 9.84 Å². The van der Waals surface area contributed by atoms with Crippen molar-refractivity contribution in [1.29, 1.82) is 0 Å². The molecule has 2 aliphatic heterocycles. The number of nitrogens with one attached hydrogen (secondary N) is 3. The van der Waals surface area contributed by atoms with Crippen LogP contribution in [-0.2, 0) is 9.84 Å². The molecule has 0 amide bonds. The highest BCUT2D eigenvalue weighted by atomic mass is 32.2. The van der Waals surface area contributed by atoms with Crippen molar-refractivity contribution in [3.05, 3.63) is 35.9 Å². The third kappa shape index (κ3) is 3.20. The van der Waals surface area contributed by atoms with E-state index in [1.54, 1.807) is 0 Å². The molecule has 2 heterocycles. The van der Waals surface area contributed by atoms with Gasteiger partial charge in [0.15, 0.2) is 9.84 Å². The molecule has 2 saturated heterocycles. The van der Waals surface area contributed by atoms with Gasteiger partial charge in [-0.25, -0.2) is 13.8 Å². The first-order chi connectivity index (χ1) is 9.64. The van der Waals surface area contributed by atoms with E-state index in [1.165, 1.54) is 5.56 Å². The Bertz CT molecular complexity index is 547. The highest BCUT2D eigenvalue weighted by molar-refractivity contribution is 7.91. The average molecular weight is 295 g/mol. The quantitative estimate of drug-likeness (QED) is 0.742. The number of hydrogen-bond donors (Lipinski definition) is 3.